The summed E-state index contributed by atoms with van der Waals surface area (Å²) < 4.78 is 0. The smallest absolute Gasteiger partial charge is 0.227 e. The minimum absolute atomic E-state index is 0.121. The molecule has 0 N–H and O–H groups in total. The van der Waals surface area contributed by atoms with Crippen LogP contribution in [0.15, 0.2) is 0 Å². The third-order valence-corrected chi connectivity index (χ3v) is 4.20. The summed E-state index contributed by atoms with van der Waals surface area (Å²) in [6.45, 7) is 8.44. The molecule has 4 heteroatoms. The highest BCUT2D eigenvalue weighted by atomic mass is 16.2. The van der Waals surface area contributed by atoms with Crippen LogP contribution in [0, 0.1) is 5.92 Å². The normalized spacial score (nSPS) is 25.6. The van der Waals surface area contributed by atoms with Crippen molar-refractivity contribution >= 4 is 11.8 Å². The maximum Gasteiger partial charge on any atom is 0.227 e. The Morgan fingerprint density at radius 1 is 1.11 bits per heavy atom. The molecular weight excluding hydrogens is 240 g/mol. The van der Waals surface area contributed by atoms with E-state index in [2.05, 4.69) is 0 Å². The first-order valence-corrected chi connectivity index (χ1v) is 7.49. The second kappa shape index (κ2) is 5.51. The van der Waals surface area contributed by atoms with Gasteiger partial charge in [0.25, 0.3) is 0 Å². The summed E-state index contributed by atoms with van der Waals surface area (Å²) >= 11 is 0. The van der Waals surface area contributed by atoms with Crippen LogP contribution in [0.1, 0.15) is 52.9 Å². The van der Waals surface area contributed by atoms with E-state index in [9.17, 15) is 9.59 Å². The van der Waals surface area contributed by atoms with Crippen LogP contribution >= 0.6 is 0 Å². The molecule has 2 amide bonds. The summed E-state index contributed by atoms with van der Waals surface area (Å²) in [5.74, 6) is 0.201. The number of carbonyl (C=O) groups excluding carboxylic acids is 2. The molecule has 108 valence electrons. The number of likely N-dealkylation sites (tertiary alicyclic amines) is 2. The van der Waals surface area contributed by atoms with E-state index < -0.39 is 0 Å². The van der Waals surface area contributed by atoms with Gasteiger partial charge in [0, 0.05) is 31.6 Å². The van der Waals surface area contributed by atoms with Gasteiger partial charge in [-0.2, -0.15) is 0 Å². The van der Waals surface area contributed by atoms with Crippen molar-refractivity contribution in [3.63, 3.8) is 0 Å². The lowest BCUT2D eigenvalue weighted by molar-refractivity contribution is -0.135. The third kappa shape index (κ3) is 3.28. The van der Waals surface area contributed by atoms with Crippen LogP contribution in [0.3, 0.4) is 0 Å². The summed E-state index contributed by atoms with van der Waals surface area (Å²) in [5.41, 5.74) is -0.176. The molecule has 2 saturated heterocycles. The molecule has 0 saturated carbocycles. The highest BCUT2D eigenvalue weighted by Gasteiger charge is 2.40. The summed E-state index contributed by atoms with van der Waals surface area (Å²) in [6.07, 6.45) is 5.06. The van der Waals surface area contributed by atoms with Crippen LogP contribution in [0.25, 0.3) is 0 Å². The molecule has 0 aromatic carbocycles. The Labute approximate surface area is 116 Å². The number of hydrogen-bond acceptors (Lipinski definition) is 2. The van der Waals surface area contributed by atoms with E-state index in [1.165, 1.54) is 12.8 Å². The number of amides is 2. The van der Waals surface area contributed by atoms with E-state index in [1.54, 1.807) is 0 Å². The highest BCUT2D eigenvalue weighted by molar-refractivity contribution is 5.89. The molecule has 0 spiro atoms. The first-order chi connectivity index (χ1) is 8.89. The molecule has 2 aliphatic rings. The van der Waals surface area contributed by atoms with Gasteiger partial charge in [0.2, 0.25) is 11.8 Å². The second-order valence-electron chi connectivity index (χ2n) is 6.82. The van der Waals surface area contributed by atoms with Gasteiger partial charge < -0.3 is 9.80 Å². The highest BCUT2D eigenvalue weighted by Crippen LogP contribution is 2.27. The summed E-state index contributed by atoms with van der Waals surface area (Å²) in [6, 6.07) is 0. The number of nitrogens with zero attached hydrogens (tertiary/aromatic N) is 2. The van der Waals surface area contributed by atoms with Gasteiger partial charge in [-0.3, -0.25) is 9.59 Å². The molecular formula is C15H26N2O2. The second-order valence-corrected chi connectivity index (χ2v) is 6.82. The minimum atomic E-state index is -0.176. The molecule has 2 rings (SSSR count). The first-order valence-electron chi connectivity index (χ1n) is 7.49. The molecule has 2 heterocycles. The van der Waals surface area contributed by atoms with Crippen LogP contribution in [0.4, 0.5) is 0 Å². The zero-order valence-electron chi connectivity index (χ0n) is 12.4. The average molecular weight is 266 g/mol. The maximum atomic E-state index is 12.5. The molecule has 1 unspecified atom stereocenters. The molecule has 2 fully saturated rings. The molecule has 2 aliphatic heterocycles. The van der Waals surface area contributed by atoms with Gasteiger partial charge in [-0.05, 0) is 33.6 Å². The minimum Gasteiger partial charge on any atom is -0.342 e. The van der Waals surface area contributed by atoms with Gasteiger partial charge in [-0.1, -0.05) is 12.8 Å². The van der Waals surface area contributed by atoms with Crippen molar-refractivity contribution in [1.82, 2.24) is 9.80 Å². The van der Waals surface area contributed by atoms with Crippen LogP contribution in [0.5, 0.6) is 0 Å². The average Bonchev–Trinajstić information content (AvgIpc) is 2.57. The van der Waals surface area contributed by atoms with Crippen molar-refractivity contribution in [3.8, 4) is 0 Å². The quantitative estimate of drug-likeness (QED) is 0.728. The molecule has 0 radical (unpaired) electrons. The SMILES string of the molecule is CC(C)(C)N1CC(C(=O)N2CCCCCC2)CC1=O. The predicted octanol–water partition coefficient (Wildman–Crippen LogP) is 2.04. The van der Waals surface area contributed by atoms with Crippen LogP contribution in [-0.4, -0.2) is 46.8 Å². The summed E-state index contributed by atoms with van der Waals surface area (Å²) in [7, 11) is 0. The Bertz CT molecular complexity index is 352. The fraction of sp³-hybridized carbons (Fsp3) is 0.867. The molecule has 0 aromatic rings. The van der Waals surface area contributed by atoms with E-state index in [0.29, 0.717) is 13.0 Å². The van der Waals surface area contributed by atoms with Crippen molar-refractivity contribution in [2.75, 3.05) is 19.6 Å². The predicted molar refractivity (Wildman–Crippen MR) is 74.6 cm³/mol. The fourth-order valence-corrected chi connectivity index (χ4v) is 3.07. The maximum absolute atomic E-state index is 12.5. The van der Waals surface area contributed by atoms with Crippen molar-refractivity contribution in [2.45, 2.75) is 58.4 Å². The van der Waals surface area contributed by atoms with Gasteiger partial charge >= 0.3 is 0 Å². The zero-order valence-corrected chi connectivity index (χ0v) is 12.4. The van der Waals surface area contributed by atoms with Crippen molar-refractivity contribution < 1.29 is 9.59 Å². The van der Waals surface area contributed by atoms with Crippen LogP contribution < -0.4 is 0 Å². The lowest BCUT2D eigenvalue weighted by Gasteiger charge is -2.32. The molecule has 0 aliphatic carbocycles. The van der Waals surface area contributed by atoms with Gasteiger partial charge in [0.15, 0.2) is 0 Å². The van der Waals surface area contributed by atoms with E-state index in [0.717, 1.165) is 25.9 Å². The van der Waals surface area contributed by atoms with Crippen LogP contribution in [-0.2, 0) is 9.59 Å². The van der Waals surface area contributed by atoms with Crippen LogP contribution in [0.2, 0.25) is 0 Å². The van der Waals surface area contributed by atoms with E-state index in [4.69, 9.17) is 0 Å². The Balaban J connectivity index is 1.99. The van der Waals surface area contributed by atoms with Crippen molar-refractivity contribution in [1.29, 1.82) is 0 Å². The molecule has 0 aromatic heterocycles. The van der Waals surface area contributed by atoms with E-state index in [1.807, 2.05) is 30.6 Å². The van der Waals surface area contributed by atoms with Gasteiger partial charge in [0.1, 0.15) is 0 Å². The Kier molecular flexibility index (Phi) is 4.16. The molecule has 0 bridgehead atoms. The van der Waals surface area contributed by atoms with Crippen molar-refractivity contribution in [2.24, 2.45) is 5.92 Å². The molecule has 4 nitrogen and oxygen atoms in total. The zero-order chi connectivity index (χ0) is 14.0. The standard InChI is InChI=1S/C15H26N2O2/c1-15(2,3)17-11-12(10-13(17)18)14(19)16-8-6-4-5-7-9-16/h12H,4-11H2,1-3H3. The first kappa shape index (κ1) is 14.4. The Morgan fingerprint density at radius 3 is 2.16 bits per heavy atom. The summed E-state index contributed by atoms with van der Waals surface area (Å²) in [5, 5.41) is 0. The lowest BCUT2D eigenvalue weighted by Crippen LogP contribution is -2.43. The lowest BCUT2D eigenvalue weighted by atomic mass is 10.1. The molecule has 1 atom stereocenters. The number of rotatable bonds is 1. The Morgan fingerprint density at radius 2 is 1.68 bits per heavy atom. The summed E-state index contributed by atoms with van der Waals surface area (Å²) in [4.78, 5) is 28.4. The number of carbonyl (C=O) groups is 2. The van der Waals surface area contributed by atoms with E-state index in [-0.39, 0.29) is 23.3 Å². The van der Waals surface area contributed by atoms with E-state index >= 15 is 0 Å². The topological polar surface area (TPSA) is 40.6 Å². The van der Waals surface area contributed by atoms with Gasteiger partial charge in [-0.15, -0.1) is 0 Å². The number of hydrogen-bond donors (Lipinski definition) is 0. The van der Waals surface area contributed by atoms with Gasteiger partial charge in [-0.25, -0.2) is 0 Å². The van der Waals surface area contributed by atoms with Gasteiger partial charge in [0.05, 0.1) is 5.92 Å². The largest absolute Gasteiger partial charge is 0.342 e. The monoisotopic (exact) mass is 266 g/mol. The fourth-order valence-electron chi connectivity index (χ4n) is 3.07. The molecule has 19 heavy (non-hydrogen) atoms. The third-order valence-electron chi connectivity index (χ3n) is 4.20. The Hall–Kier alpha value is -1.06. The van der Waals surface area contributed by atoms with Crippen molar-refractivity contribution in [3.05, 3.63) is 0 Å².